The molecule has 8 heteroatoms. The number of fused-ring (bicyclic) bond motifs is 3. The summed E-state index contributed by atoms with van der Waals surface area (Å²) in [6.07, 6.45) is 5.33. The summed E-state index contributed by atoms with van der Waals surface area (Å²) in [6, 6.07) is 35.5. The van der Waals surface area contributed by atoms with Crippen molar-refractivity contribution < 1.29 is 26.5 Å². The van der Waals surface area contributed by atoms with E-state index in [1.165, 1.54) is 0 Å². The van der Waals surface area contributed by atoms with Crippen LogP contribution in [0.4, 0.5) is 0 Å². The predicted molar refractivity (Wildman–Crippen MR) is 171 cm³/mol. The molecule has 0 amide bonds. The second-order valence-electron chi connectivity index (χ2n) is 10.5. The largest absolute Gasteiger partial charge is 0.530 e. The van der Waals surface area contributed by atoms with Crippen molar-refractivity contribution in [3.8, 4) is 34.1 Å². The molecule has 3 unspecified atom stereocenters. The van der Waals surface area contributed by atoms with Crippen LogP contribution in [0.1, 0.15) is 13.3 Å². The first-order valence-corrected chi connectivity index (χ1v) is 16.3. The maximum atomic E-state index is 6.58. The quantitative estimate of drug-likeness (QED) is 0.183. The first-order chi connectivity index (χ1) is 21.2. The van der Waals surface area contributed by atoms with E-state index in [-0.39, 0.29) is 0 Å². The van der Waals surface area contributed by atoms with E-state index in [2.05, 4.69) is 37.3 Å². The van der Waals surface area contributed by atoms with Crippen LogP contribution in [-0.2, 0) is 0 Å². The lowest BCUT2D eigenvalue weighted by Gasteiger charge is -2.26. The van der Waals surface area contributed by atoms with Crippen molar-refractivity contribution in [2.24, 2.45) is 5.92 Å². The molecule has 2 aliphatic rings. The van der Waals surface area contributed by atoms with Gasteiger partial charge in [-0.25, -0.2) is 0 Å². The third-order valence-corrected chi connectivity index (χ3v) is 9.56. The molecule has 0 radical (unpaired) electrons. The van der Waals surface area contributed by atoms with Crippen molar-refractivity contribution >= 4 is 50.7 Å². The molecule has 0 saturated carbocycles. The van der Waals surface area contributed by atoms with E-state index in [9.17, 15) is 0 Å². The Balaban J connectivity index is 1.25. The van der Waals surface area contributed by atoms with Crippen LogP contribution in [0, 0.1) is 5.92 Å². The van der Waals surface area contributed by atoms with Crippen molar-refractivity contribution in [2.75, 3.05) is 0 Å². The molecule has 1 aromatic heterocycles. The van der Waals surface area contributed by atoms with Crippen LogP contribution in [0.2, 0.25) is 0 Å². The van der Waals surface area contributed by atoms with Gasteiger partial charge in [-0.3, -0.25) is 0 Å². The first-order valence-electron chi connectivity index (χ1n) is 14.1. The lowest BCUT2D eigenvalue weighted by atomic mass is 9.98. The molecule has 0 saturated heterocycles. The standard InChI is InChI=1S/C35H26O6P2/c1-23-18-20-28-26-13-5-7-15-30(26)37-43(40-33(28)22-23)38-31-16-8-6-14-27(31)29-21-19-24-10-9-17-32-34(24)35(29)41-42(39-32)36-25-11-3-2-4-12-25/h2-17,19-23H,18H2,1H3. The molecule has 1 aliphatic heterocycles. The summed E-state index contributed by atoms with van der Waals surface area (Å²) in [5, 5.41) is 3.96. The second kappa shape index (κ2) is 10.9. The summed E-state index contributed by atoms with van der Waals surface area (Å²) >= 11 is 0. The highest BCUT2D eigenvalue weighted by molar-refractivity contribution is 7.43. The summed E-state index contributed by atoms with van der Waals surface area (Å²) in [5.74, 6) is 3.07. The van der Waals surface area contributed by atoms with Gasteiger partial charge in [0.05, 0.1) is 5.39 Å². The zero-order valence-corrected chi connectivity index (χ0v) is 25.0. The molecule has 0 fully saturated rings. The Morgan fingerprint density at radius 1 is 0.721 bits per heavy atom. The molecular formula is C35H26O6P2. The smallest absolute Gasteiger partial charge is 0.409 e. The molecule has 0 bridgehead atoms. The van der Waals surface area contributed by atoms with Crippen LogP contribution < -0.4 is 28.7 Å². The summed E-state index contributed by atoms with van der Waals surface area (Å²) < 4.78 is 38.2. The molecule has 1 aliphatic carbocycles. The molecule has 6 nitrogen and oxygen atoms in total. The summed E-state index contributed by atoms with van der Waals surface area (Å²) in [6.45, 7) is 2.18. The predicted octanol–water partition coefficient (Wildman–Crippen LogP) is 9.48. The normalized spacial score (nSPS) is 17.1. The van der Waals surface area contributed by atoms with Gasteiger partial charge in [-0.15, -0.1) is 0 Å². The van der Waals surface area contributed by atoms with Crippen molar-refractivity contribution in [3.63, 3.8) is 0 Å². The van der Waals surface area contributed by atoms with Gasteiger partial charge in [-0.1, -0.05) is 85.8 Å². The highest BCUT2D eigenvalue weighted by atomic mass is 31.2. The third-order valence-electron chi connectivity index (χ3n) is 7.49. The minimum atomic E-state index is -1.81. The van der Waals surface area contributed by atoms with Gasteiger partial charge < -0.3 is 26.5 Å². The lowest BCUT2D eigenvalue weighted by molar-refractivity contribution is 0.381. The Kier molecular flexibility index (Phi) is 6.59. The summed E-state index contributed by atoms with van der Waals surface area (Å²) in [4.78, 5) is 0. The van der Waals surface area contributed by atoms with Gasteiger partial charge in [0.1, 0.15) is 34.0 Å². The van der Waals surface area contributed by atoms with E-state index in [1.54, 1.807) is 0 Å². The molecule has 5 aromatic carbocycles. The molecule has 43 heavy (non-hydrogen) atoms. The van der Waals surface area contributed by atoms with Crippen molar-refractivity contribution in [1.82, 2.24) is 0 Å². The fraction of sp³-hybridized carbons (Fsp3) is 0.0857. The van der Waals surface area contributed by atoms with Crippen LogP contribution >= 0.6 is 16.8 Å². The average Bonchev–Trinajstić information content (AvgIpc) is 3.18. The number of hydrogen-bond donors (Lipinski definition) is 0. The highest BCUT2D eigenvalue weighted by Crippen LogP contribution is 2.56. The van der Waals surface area contributed by atoms with E-state index in [0.717, 1.165) is 55.7 Å². The Bertz CT molecular complexity index is 2160. The van der Waals surface area contributed by atoms with Gasteiger partial charge in [0, 0.05) is 21.7 Å². The zero-order valence-electron chi connectivity index (χ0n) is 23.2. The Labute approximate surface area is 250 Å². The molecule has 6 aromatic rings. The average molecular weight is 605 g/mol. The fourth-order valence-corrected chi connectivity index (χ4v) is 7.58. The van der Waals surface area contributed by atoms with E-state index >= 15 is 0 Å². The van der Waals surface area contributed by atoms with E-state index in [1.807, 2.05) is 91.0 Å². The van der Waals surface area contributed by atoms with E-state index in [0.29, 0.717) is 23.2 Å². The van der Waals surface area contributed by atoms with E-state index in [4.69, 9.17) is 26.5 Å². The number of hydrogen-bond acceptors (Lipinski definition) is 6. The Morgan fingerprint density at radius 3 is 2.49 bits per heavy atom. The molecular weight excluding hydrogens is 578 g/mol. The molecule has 3 atom stereocenters. The van der Waals surface area contributed by atoms with Gasteiger partial charge in [0.25, 0.3) is 0 Å². The summed E-state index contributed by atoms with van der Waals surface area (Å²) in [5.41, 5.74) is 3.24. The van der Waals surface area contributed by atoms with E-state index < -0.39 is 16.8 Å². The number of benzene rings is 5. The van der Waals surface area contributed by atoms with Crippen LogP contribution in [0.15, 0.2) is 118 Å². The van der Waals surface area contributed by atoms with Crippen LogP contribution in [0.3, 0.4) is 0 Å². The van der Waals surface area contributed by atoms with Crippen molar-refractivity contribution in [2.45, 2.75) is 13.3 Å². The monoisotopic (exact) mass is 604 g/mol. The topological polar surface area (TPSA) is 63.2 Å². The van der Waals surface area contributed by atoms with Gasteiger partial charge in [0.15, 0.2) is 0 Å². The van der Waals surface area contributed by atoms with Gasteiger partial charge in [-0.2, -0.15) is 0 Å². The van der Waals surface area contributed by atoms with Crippen molar-refractivity contribution in [3.05, 3.63) is 120 Å². The number of rotatable bonds is 5. The van der Waals surface area contributed by atoms with Gasteiger partial charge >= 0.3 is 16.8 Å². The molecule has 212 valence electrons. The minimum Gasteiger partial charge on any atom is -0.409 e. The van der Waals surface area contributed by atoms with Crippen molar-refractivity contribution in [1.29, 1.82) is 0 Å². The SMILES string of the molecule is CC1C=c2op(Oc3ccccc3-c3ccc4cccc5c4c3OP(Oc3ccccc3)O5)oc3ccccc3c2=CC1. The maximum Gasteiger partial charge on any atom is 0.530 e. The minimum absolute atomic E-state index is 0.361. The lowest BCUT2D eigenvalue weighted by Crippen LogP contribution is -2.27. The third kappa shape index (κ3) is 4.93. The second-order valence-corrected chi connectivity index (χ2v) is 12.4. The van der Waals surface area contributed by atoms with Crippen LogP contribution in [0.25, 0.3) is 45.0 Å². The van der Waals surface area contributed by atoms with Gasteiger partial charge in [0.2, 0.25) is 0 Å². The Morgan fingerprint density at radius 2 is 1.56 bits per heavy atom. The summed E-state index contributed by atoms with van der Waals surface area (Å²) in [7, 11) is -3.55. The van der Waals surface area contributed by atoms with Crippen LogP contribution in [0.5, 0.6) is 23.0 Å². The number of para-hydroxylation sites is 3. The molecule has 0 spiro atoms. The highest BCUT2D eigenvalue weighted by Gasteiger charge is 2.31. The molecule has 8 rings (SSSR count). The first kappa shape index (κ1) is 26.0. The van der Waals surface area contributed by atoms with Gasteiger partial charge in [-0.05, 0) is 60.2 Å². The Hall–Kier alpha value is -4.63. The zero-order chi connectivity index (χ0) is 28.8. The fourth-order valence-electron chi connectivity index (χ4n) is 5.45. The molecule has 2 heterocycles. The maximum absolute atomic E-state index is 6.58. The molecule has 0 N–H and O–H groups in total. The van der Waals surface area contributed by atoms with Crippen LogP contribution in [-0.4, -0.2) is 0 Å².